The molecule has 0 radical (unpaired) electrons. The van der Waals surface area contributed by atoms with E-state index in [1.807, 2.05) is 0 Å². The minimum Gasteiger partial charge on any atom is -0.494 e. The summed E-state index contributed by atoms with van der Waals surface area (Å²) in [7, 11) is 6.14. The molecule has 3 aromatic rings. The van der Waals surface area contributed by atoms with Gasteiger partial charge in [-0.15, -0.1) is 10.2 Å². The second-order valence-corrected chi connectivity index (χ2v) is 7.38. The Labute approximate surface area is 183 Å². The number of benzene rings is 2. The van der Waals surface area contributed by atoms with E-state index in [9.17, 15) is 9.18 Å². The van der Waals surface area contributed by atoms with Crippen molar-refractivity contribution in [2.45, 2.75) is 11.8 Å². The zero-order valence-corrected chi connectivity index (χ0v) is 18.4. The maximum Gasteiger partial charge on any atom is 0.277 e. The first-order chi connectivity index (χ1) is 14.9. The zero-order valence-electron chi connectivity index (χ0n) is 17.5. The number of halogens is 1. The van der Waals surface area contributed by atoms with E-state index >= 15 is 0 Å². The Balaban J connectivity index is 1.58. The maximum absolute atomic E-state index is 13.8. The smallest absolute Gasteiger partial charge is 0.277 e. The fourth-order valence-electron chi connectivity index (χ4n) is 2.76. The predicted octanol–water partition coefficient (Wildman–Crippen LogP) is 3.65. The monoisotopic (exact) mass is 447 g/mol. The summed E-state index contributed by atoms with van der Waals surface area (Å²) in [5, 5.41) is 8.26. The Morgan fingerprint density at radius 2 is 1.74 bits per heavy atom. The van der Waals surface area contributed by atoms with Crippen molar-refractivity contribution in [2.24, 2.45) is 0 Å². The van der Waals surface area contributed by atoms with Crippen LogP contribution in [0.2, 0.25) is 0 Å². The highest BCUT2D eigenvalue weighted by Crippen LogP contribution is 2.32. The van der Waals surface area contributed by atoms with Gasteiger partial charge in [-0.25, -0.2) is 4.39 Å². The van der Waals surface area contributed by atoms with Crippen LogP contribution in [0.25, 0.3) is 11.5 Å². The molecule has 1 heterocycles. The standard InChI is InChI=1S/C21H22FN3O5S/c1-25(11-13-5-7-16(27-2)15(22)9-13)19(26)12-31-21-24-23-20(30-21)14-6-8-17(28-3)18(10-14)29-4/h5-10H,11-12H2,1-4H3. The minimum absolute atomic E-state index is 0.0999. The Morgan fingerprint density at radius 3 is 2.42 bits per heavy atom. The molecule has 0 saturated carbocycles. The van der Waals surface area contributed by atoms with Gasteiger partial charge in [0.2, 0.25) is 11.8 Å². The Bertz CT molecular complexity index is 1060. The molecule has 0 saturated heterocycles. The molecule has 1 aromatic heterocycles. The summed E-state index contributed by atoms with van der Waals surface area (Å²) in [6.45, 7) is 0.265. The molecule has 0 aliphatic carbocycles. The fourth-order valence-corrected chi connectivity index (χ4v) is 3.46. The van der Waals surface area contributed by atoms with E-state index in [0.717, 1.165) is 11.8 Å². The normalized spacial score (nSPS) is 10.6. The first kappa shape index (κ1) is 22.4. The average molecular weight is 447 g/mol. The summed E-state index contributed by atoms with van der Waals surface area (Å²) in [4.78, 5) is 13.9. The van der Waals surface area contributed by atoms with Gasteiger partial charge >= 0.3 is 0 Å². The van der Waals surface area contributed by atoms with Crippen LogP contribution in [0.1, 0.15) is 5.56 Å². The Morgan fingerprint density at radius 1 is 1.03 bits per heavy atom. The summed E-state index contributed by atoms with van der Waals surface area (Å²) in [6, 6.07) is 9.84. The topological polar surface area (TPSA) is 86.9 Å². The number of hydrogen-bond acceptors (Lipinski definition) is 8. The number of amides is 1. The molecule has 0 N–H and O–H groups in total. The lowest BCUT2D eigenvalue weighted by molar-refractivity contribution is -0.127. The predicted molar refractivity (Wildman–Crippen MR) is 113 cm³/mol. The number of methoxy groups -OCH3 is 3. The molecule has 0 bridgehead atoms. The van der Waals surface area contributed by atoms with Crippen molar-refractivity contribution in [1.29, 1.82) is 0 Å². The average Bonchev–Trinajstić information content (AvgIpc) is 3.26. The van der Waals surface area contributed by atoms with Crippen LogP contribution in [0.3, 0.4) is 0 Å². The molecule has 0 aliphatic rings. The summed E-state index contributed by atoms with van der Waals surface area (Å²) < 4.78 is 34.9. The summed E-state index contributed by atoms with van der Waals surface area (Å²) >= 11 is 1.13. The van der Waals surface area contributed by atoms with Gasteiger partial charge in [-0.3, -0.25) is 4.79 Å². The van der Waals surface area contributed by atoms with Gasteiger partial charge in [0, 0.05) is 19.2 Å². The van der Waals surface area contributed by atoms with Crippen molar-refractivity contribution in [3.8, 4) is 28.7 Å². The van der Waals surface area contributed by atoms with Crippen molar-refractivity contribution < 1.29 is 27.8 Å². The molecular weight excluding hydrogens is 425 g/mol. The fraction of sp³-hybridized carbons (Fsp3) is 0.286. The van der Waals surface area contributed by atoms with Crippen molar-refractivity contribution in [2.75, 3.05) is 34.1 Å². The van der Waals surface area contributed by atoms with E-state index in [-0.39, 0.29) is 29.2 Å². The molecule has 164 valence electrons. The van der Waals surface area contributed by atoms with Crippen molar-refractivity contribution >= 4 is 17.7 Å². The number of aromatic nitrogens is 2. The van der Waals surface area contributed by atoms with E-state index < -0.39 is 5.82 Å². The maximum atomic E-state index is 13.8. The van der Waals surface area contributed by atoms with Crippen LogP contribution >= 0.6 is 11.8 Å². The first-order valence-electron chi connectivity index (χ1n) is 9.20. The molecule has 8 nitrogen and oxygen atoms in total. The van der Waals surface area contributed by atoms with E-state index in [1.165, 1.54) is 24.1 Å². The van der Waals surface area contributed by atoms with Gasteiger partial charge in [-0.05, 0) is 35.9 Å². The molecule has 0 fully saturated rings. The van der Waals surface area contributed by atoms with Crippen molar-refractivity contribution in [3.63, 3.8) is 0 Å². The number of thioether (sulfide) groups is 1. The number of carbonyl (C=O) groups excluding carboxylic acids is 1. The molecule has 31 heavy (non-hydrogen) atoms. The number of hydrogen-bond donors (Lipinski definition) is 0. The molecule has 3 rings (SSSR count). The molecule has 2 aromatic carbocycles. The Kier molecular flexibility index (Phi) is 7.35. The van der Waals surface area contributed by atoms with E-state index in [1.54, 1.807) is 45.5 Å². The number of carbonyl (C=O) groups is 1. The molecule has 0 unspecified atom stereocenters. The van der Waals surface area contributed by atoms with Crippen LogP contribution in [0.15, 0.2) is 46.0 Å². The van der Waals surface area contributed by atoms with Crippen LogP contribution in [0.4, 0.5) is 4.39 Å². The number of nitrogens with zero attached hydrogens (tertiary/aromatic N) is 3. The molecular formula is C21H22FN3O5S. The lowest BCUT2D eigenvalue weighted by Crippen LogP contribution is -2.27. The van der Waals surface area contributed by atoms with E-state index in [4.69, 9.17) is 18.6 Å². The van der Waals surface area contributed by atoms with Crippen LogP contribution in [0.5, 0.6) is 17.2 Å². The summed E-state index contributed by atoms with van der Waals surface area (Å²) in [6.07, 6.45) is 0. The highest BCUT2D eigenvalue weighted by Gasteiger charge is 2.16. The lowest BCUT2D eigenvalue weighted by Gasteiger charge is -2.17. The zero-order chi connectivity index (χ0) is 22.4. The van der Waals surface area contributed by atoms with Gasteiger partial charge in [-0.2, -0.15) is 0 Å². The highest BCUT2D eigenvalue weighted by molar-refractivity contribution is 7.99. The molecule has 0 spiro atoms. The molecule has 0 atom stereocenters. The van der Waals surface area contributed by atoms with Crippen LogP contribution in [-0.2, 0) is 11.3 Å². The Hall–Kier alpha value is -3.27. The summed E-state index contributed by atoms with van der Waals surface area (Å²) in [5.74, 6) is 1.07. The van der Waals surface area contributed by atoms with Crippen molar-refractivity contribution in [1.82, 2.24) is 15.1 Å². The van der Waals surface area contributed by atoms with Crippen LogP contribution in [-0.4, -0.2) is 55.1 Å². The quantitative estimate of drug-likeness (QED) is 0.460. The molecule has 1 amide bonds. The minimum atomic E-state index is -0.469. The van der Waals surface area contributed by atoms with Crippen LogP contribution in [0, 0.1) is 5.82 Å². The highest BCUT2D eigenvalue weighted by atomic mass is 32.2. The molecule has 0 aliphatic heterocycles. The number of rotatable bonds is 9. The summed E-state index contributed by atoms with van der Waals surface area (Å²) in [5.41, 5.74) is 1.33. The molecule has 10 heteroatoms. The van der Waals surface area contributed by atoms with Gasteiger partial charge in [0.05, 0.1) is 27.1 Å². The first-order valence-corrected chi connectivity index (χ1v) is 10.2. The van der Waals surface area contributed by atoms with Crippen molar-refractivity contribution in [3.05, 3.63) is 47.8 Å². The van der Waals surface area contributed by atoms with E-state index in [0.29, 0.717) is 28.5 Å². The third kappa shape index (κ3) is 5.46. The van der Waals surface area contributed by atoms with Gasteiger partial charge in [-0.1, -0.05) is 17.8 Å². The SMILES string of the molecule is COc1ccc(CN(C)C(=O)CSc2nnc(-c3ccc(OC)c(OC)c3)o2)cc1F. The lowest BCUT2D eigenvalue weighted by atomic mass is 10.2. The van der Waals surface area contributed by atoms with Gasteiger partial charge in [0.1, 0.15) is 0 Å². The number of ether oxygens (including phenoxy) is 3. The van der Waals surface area contributed by atoms with E-state index in [2.05, 4.69) is 10.2 Å². The van der Waals surface area contributed by atoms with Gasteiger partial charge in [0.15, 0.2) is 23.1 Å². The third-order valence-electron chi connectivity index (χ3n) is 4.42. The van der Waals surface area contributed by atoms with Crippen LogP contribution < -0.4 is 14.2 Å². The second kappa shape index (κ2) is 10.2. The largest absolute Gasteiger partial charge is 0.494 e. The second-order valence-electron chi connectivity index (χ2n) is 6.45. The van der Waals surface area contributed by atoms with Gasteiger partial charge < -0.3 is 23.5 Å². The third-order valence-corrected chi connectivity index (χ3v) is 5.22. The van der Waals surface area contributed by atoms with Gasteiger partial charge in [0.25, 0.3) is 5.22 Å².